The Morgan fingerprint density at radius 1 is 0.650 bits per heavy atom. The molecule has 4 aromatic carbocycles. The molecule has 1 aliphatic heterocycles. The first kappa shape index (κ1) is 26.8. The fraction of sp³-hybridized carbons (Fsp3) is 0.0333. The van der Waals surface area contributed by atoms with Gasteiger partial charge in [-0.3, -0.25) is 14.4 Å². The zero-order chi connectivity index (χ0) is 28.4. The Kier molecular flexibility index (Phi) is 7.46. The Balaban J connectivity index is 1.22. The monoisotopic (exact) mass is 573 g/mol. The van der Waals surface area contributed by atoms with Crippen LogP contribution < -0.4 is 9.64 Å². The number of anilines is 1. The molecule has 1 heterocycles. The van der Waals surface area contributed by atoms with Crippen molar-refractivity contribution in [3.05, 3.63) is 129 Å². The zero-order valence-electron chi connectivity index (χ0n) is 20.4. The van der Waals surface area contributed by atoms with Crippen molar-refractivity contribution in [3.63, 3.8) is 0 Å². The van der Waals surface area contributed by atoms with E-state index < -0.39 is 36.1 Å². The van der Waals surface area contributed by atoms with E-state index in [9.17, 15) is 24.0 Å². The van der Waals surface area contributed by atoms with Crippen molar-refractivity contribution >= 4 is 58.4 Å². The SMILES string of the molecule is O=C(COC(=O)c1cccc(N2C(=O)c3cc(Cl)c(Cl)cc3C2=O)c1)c1ccc(OC(=O)c2ccccc2)cc1. The third-order valence-electron chi connectivity index (χ3n) is 6.00. The largest absolute Gasteiger partial charge is 0.454 e. The number of Topliss-reactive ketones (excluding diaryl/α,β-unsaturated/α-hetero) is 1. The highest BCUT2D eigenvalue weighted by Crippen LogP contribution is 2.34. The summed E-state index contributed by atoms with van der Waals surface area (Å²) in [5, 5.41) is 0.265. The van der Waals surface area contributed by atoms with E-state index in [0.29, 0.717) is 5.56 Å². The van der Waals surface area contributed by atoms with E-state index in [1.807, 2.05) is 0 Å². The molecule has 0 saturated carbocycles. The van der Waals surface area contributed by atoms with Crippen molar-refractivity contribution in [2.45, 2.75) is 0 Å². The van der Waals surface area contributed by atoms with Gasteiger partial charge >= 0.3 is 11.9 Å². The third kappa shape index (κ3) is 5.36. The Labute approximate surface area is 237 Å². The second kappa shape index (κ2) is 11.1. The molecule has 2 amide bonds. The van der Waals surface area contributed by atoms with Gasteiger partial charge < -0.3 is 9.47 Å². The molecule has 0 bridgehead atoms. The summed E-state index contributed by atoms with van der Waals surface area (Å²) >= 11 is 12.0. The first-order chi connectivity index (χ1) is 19.2. The molecule has 4 aromatic rings. The second-order valence-corrected chi connectivity index (χ2v) is 9.40. The highest BCUT2D eigenvalue weighted by Gasteiger charge is 2.37. The molecular formula is C30H17Cl2NO7. The van der Waals surface area contributed by atoms with Crippen molar-refractivity contribution in [3.8, 4) is 5.75 Å². The van der Waals surface area contributed by atoms with Crippen LogP contribution in [0.25, 0.3) is 0 Å². The van der Waals surface area contributed by atoms with Crippen LogP contribution in [0.15, 0.2) is 91.0 Å². The number of halogens is 2. The first-order valence-electron chi connectivity index (χ1n) is 11.8. The lowest BCUT2D eigenvalue weighted by molar-refractivity contribution is 0.0474. The molecule has 5 rings (SSSR count). The smallest absolute Gasteiger partial charge is 0.343 e. The number of esters is 2. The number of benzene rings is 4. The summed E-state index contributed by atoms with van der Waals surface area (Å²) in [6.45, 7) is -0.559. The molecule has 0 N–H and O–H groups in total. The highest BCUT2D eigenvalue weighted by atomic mass is 35.5. The summed E-state index contributed by atoms with van der Waals surface area (Å²) < 4.78 is 10.5. The average Bonchev–Trinajstić information content (AvgIpc) is 3.20. The Morgan fingerprint density at radius 2 is 1.25 bits per heavy atom. The maximum atomic E-state index is 12.9. The molecule has 0 saturated heterocycles. The van der Waals surface area contributed by atoms with Gasteiger partial charge in [-0.1, -0.05) is 47.5 Å². The number of ether oxygens (including phenoxy) is 2. The predicted molar refractivity (Wildman–Crippen MR) is 146 cm³/mol. The van der Waals surface area contributed by atoms with Crippen molar-refractivity contribution in [2.75, 3.05) is 11.5 Å². The normalized spacial score (nSPS) is 12.2. The van der Waals surface area contributed by atoms with Gasteiger partial charge in [-0.15, -0.1) is 0 Å². The van der Waals surface area contributed by atoms with E-state index in [-0.39, 0.29) is 43.7 Å². The molecule has 0 spiro atoms. The molecule has 1 aliphatic rings. The van der Waals surface area contributed by atoms with E-state index in [0.717, 1.165) is 4.90 Å². The molecule has 0 unspecified atom stereocenters. The van der Waals surface area contributed by atoms with E-state index in [2.05, 4.69) is 0 Å². The van der Waals surface area contributed by atoms with Gasteiger partial charge in [0.05, 0.1) is 38.0 Å². The molecule has 0 radical (unpaired) electrons. The number of hydrogen-bond donors (Lipinski definition) is 0. The lowest BCUT2D eigenvalue weighted by atomic mass is 10.1. The van der Waals surface area contributed by atoms with Gasteiger partial charge in [0.25, 0.3) is 11.8 Å². The van der Waals surface area contributed by atoms with E-state index >= 15 is 0 Å². The predicted octanol–water partition coefficient (Wildman–Crippen LogP) is 6.05. The van der Waals surface area contributed by atoms with Crippen molar-refractivity contribution < 1.29 is 33.4 Å². The third-order valence-corrected chi connectivity index (χ3v) is 6.72. The average molecular weight is 574 g/mol. The number of fused-ring (bicyclic) bond motifs is 1. The summed E-state index contributed by atoms with van der Waals surface area (Å²) in [4.78, 5) is 64.1. The summed E-state index contributed by atoms with van der Waals surface area (Å²) in [5.74, 6) is -2.83. The Morgan fingerprint density at radius 3 is 1.88 bits per heavy atom. The van der Waals surface area contributed by atoms with Crippen LogP contribution in [0, 0.1) is 0 Å². The molecule has 198 valence electrons. The molecule has 40 heavy (non-hydrogen) atoms. The van der Waals surface area contributed by atoms with Crippen LogP contribution >= 0.6 is 23.2 Å². The van der Waals surface area contributed by atoms with Gasteiger partial charge in [0.15, 0.2) is 12.4 Å². The first-order valence-corrected chi connectivity index (χ1v) is 12.5. The number of nitrogens with zero attached hydrogens (tertiary/aromatic N) is 1. The van der Waals surface area contributed by atoms with Crippen molar-refractivity contribution in [2.24, 2.45) is 0 Å². The minimum absolute atomic E-state index is 0.0288. The molecule has 0 fully saturated rings. The number of carbonyl (C=O) groups excluding carboxylic acids is 5. The van der Waals surface area contributed by atoms with Crippen LogP contribution in [0.3, 0.4) is 0 Å². The van der Waals surface area contributed by atoms with Gasteiger partial charge in [0, 0.05) is 5.56 Å². The van der Waals surface area contributed by atoms with Crippen LogP contribution in [0.4, 0.5) is 5.69 Å². The molecule has 8 nitrogen and oxygen atoms in total. The number of amides is 2. The zero-order valence-corrected chi connectivity index (χ0v) is 21.9. The van der Waals surface area contributed by atoms with Crippen LogP contribution in [0.1, 0.15) is 51.8 Å². The Hall–Kier alpha value is -4.79. The topological polar surface area (TPSA) is 107 Å². The van der Waals surface area contributed by atoms with Gasteiger partial charge in [0.2, 0.25) is 0 Å². The number of hydrogen-bond acceptors (Lipinski definition) is 7. The van der Waals surface area contributed by atoms with E-state index in [4.69, 9.17) is 32.7 Å². The van der Waals surface area contributed by atoms with Crippen molar-refractivity contribution in [1.82, 2.24) is 0 Å². The summed E-state index contributed by atoms with van der Waals surface area (Å²) in [7, 11) is 0. The minimum atomic E-state index is -0.827. The highest BCUT2D eigenvalue weighted by molar-refractivity contribution is 6.44. The fourth-order valence-corrected chi connectivity index (χ4v) is 4.31. The van der Waals surface area contributed by atoms with Crippen LogP contribution in [0.5, 0.6) is 5.75 Å². The fourth-order valence-electron chi connectivity index (χ4n) is 3.99. The van der Waals surface area contributed by atoms with E-state index in [1.165, 1.54) is 60.7 Å². The number of rotatable bonds is 7. The Bertz CT molecular complexity index is 1640. The van der Waals surface area contributed by atoms with Gasteiger partial charge in [0.1, 0.15) is 5.75 Å². The number of imide groups is 1. The number of ketones is 1. The van der Waals surface area contributed by atoms with Gasteiger partial charge in [-0.05, 0) is 66.7 Å². The maximum Gasteiger partial charge on any atom is 0.343 e. The molecular weight excluding hydrogens is 557 g/mol. The van der Waals surface area contributed by atoms with Crippen molar-refractivity contribution in [1.29, 1.82) is 0 Å². The van der Waals surface area contributed by atoms with Crippen LogP contribution in [0.2, 0.25) is 10.0 Å². The van der Waals surface area contributed by atoms with Gasteiger partial charge in [-0.25, -0.2) is 14.5 Å². The molecule has 10 heteroatoms. The summed E-state index contributed by atoms with van der Waals surface area (Å²) in [6, 6.07) is 22.6. The molecule has 0 aliphatic carbocycles. The summed E-state index contributed by atoms with van der Waals surface area (Å²) in [5.41, 5.74) is 0.985. The van der Waals surface area contributed by atoms with Crippen LogP contribution in [-0.4, -0.2) is 36.1 Å². The molecule has 0 aromatic heterocycles. The van der Waals surface area contributed by atoms with Crippen LogP contribution in [-0.2, 0) is 4.74 Å². The number of carbonyl (C=O) groups is 5. The second-order valence-electron chi connectivity index (χ2n) is 8.59. The van der Waals surface area contributed by atoms with E-state index in [1.54, 1.807) is 30.3 Å². The molecule has 0 atom stereocenters. The van der Waals surface area contributed by atoms with Gasteiger partial charge in [-0.2, -0.15) is 0 Å². The standard InChI is InChI=1S/C30H17Cl2NO7/c31-24-14-22-23(15-25(24)32)28(36)33(27(22)35)20-8-4-7-19(13-20)29(37)39-16-26(34)17-9-11-21(12-10-17)40-30(38)18-5-2-1-3-6-18/h1-15H,16H2. The maximum absolute atomic E-state index is 12.9. The minimum Gasteiger partial charge on any atom is -0.454 e. The lowest BCUT2D eigenvalue weighted by Gasteiger charge is -2.14. The quantitative estimate of drug-likeness (QED) is 0.114. The summed E-state index contributed by atoms with van der Waals surface area (Å²) in [6.07, 6.45) is 0. The lowest BCUT2D eigenvalue weighted by Crippen LogP contribution is -2.29.